The number of benzene rings is 5. The van der Waals surface area contributed by atoms with Gasteiger partial charge in [0.15, 0.2) is 17.3 Å². The third-order valence-corrected chi connectivity index (χ3v) is 14.4. The number of hydrogen-bond acceptors (Lipinski definition) is 10. The molecule has 4 atom stereocenters. The van der Waals surface area contributed by atoms with E-state index in [2.05, 4.69) is 16.7 Å². The predicted molar refractivity (Wildman–Crippen MR) is 281 cm³/mol. The van der Waals surface area contributed by atoms with Crippen LogP contribution in [-0.2, 0) is 51.7 Å². The van der Waals surface area contributed by atoms with Crippen LogP contribution in [0.5, 0.6) is 17.2 Å². The molecule has 0 fully saturated rings. The van der Waals surface area contributed by atoms with Crippen molar-refractivity contribution >= 4 is 64.2 Å². The number of aryl methyl sites for hydroxylation is 2. The summed E-state index contributed by atoms with van der Waals surface area (Å²) in [5.41, 5.74) is 9.25. The molecular weight excluding hydrogens is 923 g/mol. The summed E-state index contributed by atoms with van der Waals surface area (Å²) in [6, 6.07) is 27.9. The van der Waals surface area contributed by atoms with Gasteiger partial charge >= 0.3 is 0 Å². The van der Waals surface area contributed by atoms with E-state index in [0.29, 0.717) is 71.0 Å². The lowest BCUT2D eigenvalue weighted by molar-refractivity contribution is -0.129. The number of carbonyl (C=O) groups is 6. The Labute approximate surface area is 426 Å². The SMILES string of the molecule is COc1cc2c(cc1OCc1cc(COc3cc4c(cc3C)C(=O)N3c5ccccc5C[C@H]3CC4)cc(NC(=O)[C@H](C)CC(=O)[C@H](C)NC(=O)CCCCC(=O)C(C)C)c1)N=C[C@@H]1Cc3ccccc3N1C2=O. The molecule has 0 aliphatic carbocycles. The van der Waals surface area contributed by atoms with Crippen molar-refractivity contribution in [2.45, 2.75) is 124 Å². The zero-order valence-electron chi connectivity index (χ0n) is 42.4. The topological polar surface area (TPSA) is 173 Å². The molecule has 4 amide bonds. The highest BCUT2D eigenvalue weighted by Gasteiger charge is 2.38. The van der Waals surface area contributed by atoms with Gasteiger partial charge in [0, 0.05) is 78.5 Å². The number of hydrogen-bond donors (Lipinski definition) is 2. The van der Waals surface area contributed by atoms with Gasteiger partial charge in [-0.25, -0.2) is 0 Å². The minimum atomic E-state index is -0.796. The minimum absolute atomic E-state index is 0.00138. The van der Waals surface area contributed by atoms with Crippen molar-refractivity contribution < 1.29 is 43.0 Å². The van der Waals surface area contributed by atoms with E-state index in [-0.39, 0.29) is 79.3 Å². The molecule has 0 unspecified atom stereocenters. The van der Waals surface area contributed by atoms with Crippen molar-refractivity contribution in [2.24, 2.45) is 16.8 Å². The van der Waals surface area contributed by atoms with Gasteiger partial charge in [-0.05, 0) is 128 Å². The molecule has 0 bridgehead atoms. The first-order valence-corrected chi connectivity index (χ1v) is 25.4. The quantitative estimate of drug-likeness (QED) is 0.0764. The Morgan fingerprint density at radius 2 is 1.37 bits per heavy atom. The summed E-state index contributed by atoms with van der Waals surface area (Å²) in [6.45, 7) is 9.07. The minimum Gasteiger partial charge on any atom is -0.493 e. The summed E-state index contributed by atoms with van der Waals surface area (Å²) in [6.07, 6.45) is 6.50. The number of nitrogens with one attached hydrogen (secondary N) is 2. The van der Waals surface area contributed by atoms with Crippen LogP contribution in [0.25, 0.3) is 0 Å². The van der Waals surface area contributed by atoms with E-state index >= 15 is 0 Å². The fourth-order valence-electron chi connectivity index (χ4n) is 10.3. The summed E-state index contributed by atoms with van der Waals surface area (Å²) in [5.74, 6) is -0.385. The summed E-state index contributed by atoms with van der Waals surface area (Å²) >= 11 is 0. The molecule has 0 aromatic heterocycles. The monoisotopic (exact) mass is 985 g/mol. The van der Waals surface area contributed by atoms with Crippen LogP contribution in [0, 0.1) is 18.8 Å². The second kappa shape index (κ2) is 21.6. The number of anilines is 3. The Kier molecular flexibility index (Phi) is 14.9. The first kappa shape index (κ1) is 50.3. The van der Waals surface area contributed by atoms with Crippen molar-refractivity contribution in [1.82, 2.24) is 5.32 Å². The van der Waals surface area contributed by atoms with E-state index in [1.807, 2.05) is 92.4 Å². The highest BCUT2D eigenvalue weighted by atomic mass is 16.5. The average molecular weight is 986 g/mol. The number of aliphatic imine (C=N–C) groups is 1. The molecule has 4 aliphatic rings. The van der Waals surface area contributed by atoms with Gasteiger partial charge < -0.3 is 29.7 Å². The third-order valence-electron chi connectivity index (χ3n) is 14.4. The normalized spacial score (nSPS) is 17.0. The number of carbonyl (C=O) groups excluding carboxylic acids is 6. The number of nitrogens with zero attached hydrogens (tertiary/aromatic N) is 3. The lowest BCUT2D eigenvalue weighted by Gasteiger charge is -2.23. The van der Waals surface area contributed by atoms with Crippen molar-refractivity contribution in [3.05, 3.63) is 136 Å². The van der Waals surface area contributed by atoms with E-state index in [9.17, 15) is 28.8 Å². The molecule has 5 aromatic carbocycles. The summed E-state index contributed by atoms with van der Waals surface area (Å²) < 4.78 is 18.8. The predicted octanol–water partition coefficient (Wildman–Crippen LogP) is 9.79. The van der Waals surface area contributed by atoms with Gasteiger partial charge in [0.05, 0.1) is 30.4 Å². The number of Topliss-reactive ketones (excluding diaryl/α,β-unsaturated/α-hetero) is 2. The molecule has 14 heteroatoms. The Morgan fingerprint density at radius 1 is 0.712 bits per heavy atom. The van der Waals surface area contributed by atoms with Crippen LogP contribution in [0.1, 0.15) is 120 Å². The second-order valence-corrected chi connectivity index (χ2v) is 20.1. The number of rotatable bonds is 19. The number of ketones is 2. The number of para-hydroxylation sites is 2. The van der Waals surface area contributed by atoms with Gasteiger partial charge in [0.1, 0.15) is 24.7 Å². The van der Waals surface area contributed by atoms with Gasteiger partial charge in [-0.3, -0.25) is 38.7 Å². The Hall–Kier alpha value is -7.61. The Bertz CT molecular complexity index is 3030. The number of amides is 4. The standard InChI is InChI=1S/C59H63N5O9/c1-34(2)51(65)17-11-12-18-56(67)61-37(5)52(66)22-36(4)57(68)62-43-24-38(32-72-53-28-40-19-20-44-26-41-13-7-9-15-49(41)63(44)58(69)46(40)21-35(53)3)23-39(25-43)33-73-55-30-48-47(29-54(55)71-6)59(70)64-45(31-60-48)27-42-14-8-10-16-50(42)64/h7-10,13-16,21,23-25,28-31,34,36-37,44-45H,11-12,17-20,22,26-27,32-33H2,1-6H3,(H,61,67)(H,62,68)/t36-,37+,44-,45+/m1/s1. The van der Waals surface area contributed by atoms with Crippen LogP contribution in [0.3, 0.4) is 0 Å². The number of methoxy groups -OCH3 is 1. The maximum atomic E-state index is 14.1. The zero-order chi connectivity index (χ0) is 51.5. The Balaban J connectivity index is 0.914. The maximum absolute atomic E-state index is 14.1. The van der Waals surface area contributed by atoms with Crippen LogP contribution >= 0.6 is 0 Å². The number of unbranched alkanes of at least 4 members (excludes halogenated alkanes) is 1. The van der Waals surface area contributed by atoms with E-state index < -0.39 is 12.0 Å². The zero-order valence-corrected chi connectivity index (χ0v) is 42.4. The molecule has 0 radical (unpaired) electrons. The molecule has 0 saturated heterocycles. The highest BCUT2D eigenvalue weighted by Crippen LogP contribution is 2.42. The van der Waals surface area contributed by atoms with Gasteiger partial charge in [0.25, 0.3) is 11.8 Å². The van der Waals surface area contributed by atoms with Crippen LogP contribution in [0.4, 0.5) is 22.7 Å². The van der Waals surface area contributed by atoms with E-state index in [1.165, 1.54) is 12.7 Å². The van der Waals surface area contributed by atoms with Gasteiger partial charge in [-0.1, -0.05) is 57.2 Å². The highest BCUT2D eigenvalue weighted by molar-refractivity contribution is 6.15. The molecule has 2 N–H and O–H groups in total. The smallest absolute Gasteiger partial charge is 0.261 e. The summed E-state index contributed by atoms with van der Waals surface area (Å²) in [7, 11) is 1.52. The molecule has 5 aromatic rings. The first-order chi connectivity index (χ1) is 35.1. The maximum Gasteiger partial charge on any atom is 0.261 e. The molecule has 73 heavy (non-hydrogen) atoms. The third kappa shape index (κ3) is 10.9. The van der Waals surface area contributed by atoms with Crippen molar-refractivity contribution in [2.75, 3.05) is 22.2 Å². The van der Waals surface area contributed by atoms with Gasteiger partial charge in [-0.15, -0.1) is 0 Å². The molecule has 4 aliphatic heterocycles. The molecule has 14 nitrogen and oxygen atoms in total. The Morgan fingerprint density at radius 3 is 2.08 bits per heavy atom. The van der Waals surface area contributed by atoms with E-state index in [0.717, 1.165) is 52.9 Å². The van der Waals surface area contributed by atoms with Crippen LogP contribution < -0.4 is 34.6 Å². The second-order valence-electron chi connectivity index (χ2n) is 20.1. The molecule has 0 spiro atoms. The number of fused-ring (bicyclic) bond motifs is 8. The molecule has 378 valence electrons. The van der Waals surface area contributed by atoms with Gasteiger partial charge in [-0.2, -0.15) is 0 Å². The molecule has 0 saturated carbocycles. The lowest BCUT2D eigenvalue weighted by atomic mass is 9.98. The molecule has 4 heterocycles. The molecule has 9 rings (SSSR count). The van der Waals surface area contributed by atoms with Gasteiger partial charge in [0.2, 0.25) is 11.8 Å². The summed E-state index contributed by atoms with van der Waals surface area (Å²) in [4.78, 5) is 88.4. The van der Waals surface area contributed by atoms with Crippen molar-refractivity contribution in [3.63, 3.8) is 0 Å². The van der Waals surface area contributed by atoms with Crippen molar-refractivity contribution in [3.8, 4) is 17.2 Å². The van der Waals surface area contributed by atoms with Crippen molar-refractivity contribution in [1.29, 1.82) is 0 Å². The fraction of sp³-hybridized carbons (Fsp3) is 0.373. The number of ether oxygens (including phenoxy) is 3. The van der Waals surface area contributed by atoms with Crippen LogP contribution in [-0.4, -0.2) is 66.6 Å². The van der Waals surface area contributed by atoms with Crippen LogP contribution in [0.15, 0.2) is 96.0 Å². The van der Waals surface area contributed by atoms with E-state index in [1.54, 1.807) is 43.2 Å². The summed E-state index contributed by atoms with van der Waals surface area (Å²) in [5, 5.41) is 5.75. The first-order valence-electron chi connectivity index (χ1n) is 25.4. The fourth-order valence-corrected chi connectivity index (χ4v) is 10.3. The lowest BCUT2D eigenvalue weighted by Crippen LogP contribution is -2.39. The molecular formula is C59H63N5O9. The largest absolute Gasteiger partial charge is 0.493 e. The van der Waals surface area contributed by atoms with E-state index in [4.69, 9.17) is 19.2 Å². The van der Waals surface area contributed by atoms with Crippen LogP contribution in [0.2, 0.25) is 0 Å². The average Bonchev–Trinajstić information content (AvgIpc) is 3.87.